The lowest BCUT2D eigenvalue weighted by Gasteiger charge is -2.25. The number of anilines is 2. The van der Waals surface area contributed by atoms with E-state index in [1.807, 2.05) is 24.3 Å². The van der Waals surface area contributed by atoms with Gasteiger partial charge in [0.25, 0.3) is 5.91 Å². The van der Waals surface area contributed by atoms with Crippen molar-refractivity contribution in [2.45, 2.75) is 20.3 Å². The molecule has 4 aromatic rings. The molecule has 0 saturated carbocycles. The van der Waals surface area contributed by atoms with Gasteiger partial charge in [-0.25, -0.2) is 9.50 Å². The molecule has 2 N–H and O–H groups in total. The lowest BCUT2D eigenvalue weighted by atomic mass is 10.1. The van der Waals surface area contributed by atoms with Crippen molar-refractivity contribution in [3.63, 3.8) is 0 Å². The molecular weight excluding hydrogens is 368 g/mol. The van der Waals surface area contributed by atoms with Gasteiger partial charge < -0.3 is 15.3 Å². The number of amides is 1. The molecule has 1 aromatic carbocycles. The number of carbonyl (C=O) groups is 1. The number of hydrogen-bond acceptors (Lipinski definition) is 6. The fourth-order valence-corrected chi connectivity index (χ4v) is 3.40. The van der Waals surface area contributed by atoms with Crippen LogP contribution in [-0.4, -0.2) is 43.7 Å². The van der Waals surface area contributed by atoms with Crippen molar-refractivity contribution in [1.29, 1.82) is 0 Å². The van der Waals surface area contributed by atoms with E-state index in [4.69, 9.17) is 0 Å². The maximum absolute atomic E-state index is 13.0. The zero-order valence-electron chi connectivity index (χ0n) is 16.3. The lowest BCUT2D eigenvalue weighted by molar-refractivity contribution is 0.102. The maximum Gasteiger partial charge on any atom is 0.261 e. The van der Waals surface area contributed by atoms with E-state index < -0.39 is 0 Å². The second-order valence-electron chi connectivity index (χ2n) is 6.74. The van der Waals surface area contributed by atoms with Gasteiger partial charge >= 0.3 is 0 Å². The maximum atomic E-state index is 13.0. The first-order valence-corrected chi connectivity index (χ1v) is 9.58. The largest absolute Gasteiger partial charge is 0.505 e. The van der Waals surface area contributed by atoms with Gasteiger partial charge in [0.15, 0.2) is 11.4 Å². The van der Waals surface area contributed by atoms with Crippen LogP contribution in [-0.2, 0) is 0 Å². The molecule has 29 heavy (non-hydrogen) atoms. The molecule has 3 heterocycles. The van der Waals surface area contributed by atoms with Crippen molar-refractivity contribution in [2.24, 2.45) is 0 Å². The third-order valence-electron chi connectivity index (χ3n) is 4.77. The zero-order chi connectivity index (χ0) is 20.4. The van der Waals surface area contributed by atoms with Crippen molar-refractivity contribution in [1.82, 2.24) is 19.6 Å². The van der Waals surface area contributed by atoms with Crippen LogP contribution in [0.5, 0.6) is 5.75 Å². The van der Waals surface area contributed by atoms with E-state index in [0.29, 0.717) is 16.9 Å². The number of rotatable bonds is 6. The summed E-state index contributed by atoms with van der Waals surface area (Å²) in [4.78, 5) is 23.8. The van der Waals surface area contributed by atoms with Crippen LogP contribution in [0, 0.1) is 0 Å². The number of aromatic hydroxyl groups is 1. The summed E-state index contributed by atoms with van der Waals surface area (Å²) in [5.74, 6) is -0.328. The van der Waals surface area contributed by atoms with Crippen molar-refractivity contribution in [2.75, 3.05) is 23.3 Å². The second-order valence-corrected chi connectivity index (χ2v) is 6.74. The van der Waals surface area contributed by atoms with Gasteiger partial charge in [-0.15, -0.1) is 0 Å². The predicted molar refractivity (Wildman–Crippen MR) is 113 cm³/mol. The average Bonchev–Trinajstić information content (AvgIpc) is 3.14. The molecule has 8 heteroatoms. The van der Waals surface area contributed by atoms with E-state index in [-0.39, 0.29) is 11.7 Å². The average molecular weight is 390 g/mol. The summed E-state index contributed by atoms with van der Waals surface area (Å²) < 4.78 is 1.38. The summed E-state index contributed by atoms with van der Waals surface area (Å²) in [6.07, 6.45) is 6.90. The van der Waals surface area contributed by atoms with Gasteiger partial charge in [-0.3, -0.25) is 9.78 Å². The second kappa shape index (κ2) is 7.75. The van der Waals surface area contributed by atoms with Crippen molar-refractivity contribution < 1.29 is 9.90 Å². The highest BCUT2D eigenvalue weighted by molar-refractivity contribution is 6.10. The Labute approximate surface area is 167 Å². The molecule has 0 bridgehead atoms. The molecule has 1 amide bonds. The number of nitrogens with one attached hydrogen (secondary N) is 1. The monoisotopic (exact) mass is 390 g/mol. The van der Waals surface area contributed by atoms with E-state index >= 15 is 0 Å². The molecule has 0 aliphatic heterocycles. The van der Waals surface area contributed by atoms with Gasteiger partial charge in [0.2, 0.25) is 0 Å². The minimum Gasteiger partial charge on any atom is -0.505 e. The number of hydrogen-bond donors (Lipinski definition) is 2. The van der Waals surface area contributed by atoms with Crippen LogP contribution < -0.4 is 10.2 Å². The smallest absolute Gasteiger partial charge is 0.261 e. The SMILES string of the molecule is CCCN(CC)c1cc2ncccc2cc1NC(=O)c1cnn2cc(O)cnc12. The Morgan fingerprint density at radius 3 is 2.90 bits per heavy atom. The highest BCUT2D eigenvalue weighted by Crippen LogP contribution is 2.31. The van der Waals surface area contributed by atoms with Crippen LogP contribution in [0.15, 0.2) is 49.1 Å². The van der Waals surface area contributed by atoms with Gasteiger partial charge in [-0.1, -0.05) is 13.0 Å². The van der Waals surface area contributed by atoms with E-state index in [9.17, 15) is 9.90 Å². The molecule has 0 aliphatic carbocycles. The fraction of sp³-hybridized carbons (Fsp3) is 0.238. The van der Waals surface area contributed by atoms with E-state index in [0.717, 1.165) is 36.1 Å². The van der Waals surface area contributed by atoms with Crippen LogP contribution in [0.25, 0.3) is 16.6 Å². The topological polar surface area (TPSA) is 95.7 Å². The van der Waals surface area contributed by atoms with Gasteiger partial charge in [0.05, 0.1) is 35.5 Å². The molecular formula is C21H22N6O2. The number of benzene rings is 1. The summed E-state index contributed by atoms with van der Waals surface area (Å²) in [6, 6.07) is 7.80. The third kappa shape index (κ3) is 3.56. The minimum absolute atomic E-state index is 0.0185. The van der Waals surface area contributed by atoms with E-state index in [2.05, 4.69) is 39.1 Å². The predicted octanol–water partition coefficient (Wildman–Crippen LogP) is 3.47. The Bertz CT molecular complexity index is 1190. The standard InChI is InChI=1S/C21H22N6O2/c1-3-8-26(4-2)19-10-17-14(6-5-7-22-17)9-18(19)25-21(29)16-12-24-27-13-15(28)11-23-20(16)27/h5-7,9-13,28H,3-4,8H2,1-2H3,(H,25,29). The zero-order valence-corrected chi connectivity index (χ0v) is 16.3. The molecule has 148 valence electrons. The first-order chi connectivity index (χ1) is 14.1. The molecule has 0 atom stereocenters. The van der Waals surface area contributed by atoms with E-state index in [1.165, 1.54) is 23.1 Å². The van der Waals surface area contributed by atoms with Crippen LogP contribution in [0.2, 0.25) is 0 Å². The number of carbonyl (C=O) groups excluding carboxylic acids is 1. The quantitative estimate of drug-likeness (QED) is 0.523. The Hall–Kier alpha value is -3.68. The Morgan fingerprint density at radius 2 is 2.10 bits per heavy atom. The fourth-order valence-electron chi connectivity index (χ4n) is 3.40. The Morgan fingerprint density at radius 1 is 1.24 bits per heavy atom. The number of fused-ring (bicyclic) bond motifs is 2. The van der Waals surface area contributed by atoms with Crippen molar-refractivity contribution in [3.8, 4) is 5.75 Å². The lowest BCUT2D eigenvalue weighted by Crippen LogP contribution is -2.25. The molecule has 4 rings (SSSR count). The normalized spacial score (nSPS) is 11.1. The van der Waals surface area contributed by atoms with Crippen LogP contribution >= 0.6 is 0 Å². The first kappa shape index (κ1) is 18.7. The number of pyridine rings is 1. The number of aromatic nitrogens is 4. The highest BCUT2D eigenvalue weighted by atomic mass is 16.3. The summed E-state index contributed by atoms with van der Waals surface area (Å²) >= 11 is 0. The molecule has 0 spiro atoms. The van der Waals surface area contributed by atoms with Crippen LogP contribution in [0.4, 0.5) is 11.4 Å². The number of nitrogens with zero attached hydrogens (tertiary/aromatic N) is 5. The van der Waals surface area contributed by atoms with Gasteiger partial charge in [-0.05, 0) is 31.5 Å². The first-order valence-electron chi connectivity index (χ1n) is 9.58. The van der Waals surface area contributed by atoms with Crippen LogP contribution in [0.3, 0.4) is 0 Å². The summed E-state index contributed by atoms with van der Waals surface area (Å²) in [6.45, 7) is 5.90. The Kier molecular flexibility index (Phi) is 4.99. The molecule has 0 unspecified atom stereocenters. The van der Waals surface area contributed by atoms with Crippen molar-refractivity contribution >= 4 is 33.8 Å². The summed E-state index contributed by atoms with van der Waals surface area (Å²) in [7, 11) is 0. The molecule has 8 nitrogen and oxygen atoms in total. The molecule has 3 aromatic heterocycles. The van der Waals surface area contributed by atoms with Gasteiger partial charge in [0, 0.05) is 24.7 Å². The minimum atomic E-state index is -0.310. The molecule has 0 radical (unpaired) electrons. The van der Waals surface area contributed by atoms with E-state index in [1.54, 1.807) is 6.20 Å². The molecule has 0 aliphatic rings. The van der Waals surface area contributed by atoms with Gasteiger partial charge in [0.1, 0.15) is 5.56 Å². The van der Waals surface area contributed by atoms with Crippen molar-refractivity contribution in [3.05, 3.63) is 54.6 Å². The van der Waals surface area contributed by atoms with Crippen LogP contribution in [0.1, 0.15) is 30.6 Å². The molecule has 0 saturated heterocycles. The summed E-state index contributed by atoms with van der Waals surface area (Å²) in [5.41, 5.74) is 3.23. The summed E-state index contributed by atoms with van der Waals surface area (Å²) in [5, 5.41) is 17.6. The third-order valence-corrected chi connectivity index (χ3v) is 4.77. The highest BCUT2D eigenvalue weighted by Gasteiger charge is 2.18. The van der Waals surface area contributed by atoms with Gasteiger partial charge in [-0.2, -0.15) is 5.10 Å². The Balaban J connectivity index is 1.76. The molecule has 0 fully saturated rings.